The van der Waals surface area contributed by atoms with Crippen LogP contribution in [-0.4, -0.2) is 53.8 Å². The zero-order chi connectivity index (χ0) is 25.5. The number of aromatic nitrogens is 1. The summed E-state index contributed by atoms with van der Waals surface area (Å²) in [6.07, 6.45) is 4.73. The summed E-state index contributed by atoms with van der Waals surface area (Å²) in [5, 5.41) is 2.48. The van der Waals surface area contributed by atoms with E-state index in [9.17, 15) is 18.8 Å². The summed E-state index contributed by atoms with van der Waals surface area (Å²) >= 11 is 0. The first-order chi connectivity index (χ1) is 17.4. The molecule has 0 spiro atoms. The number of piperidine rings is 1. The smallest absolute Gasteiger partial charge is 0.316 e. The molecule has 2 aromatic carbocycles. The van der Waals surface area contributed by atoms with Gasteiger partial charge in [-0.3, -0.25) is 14.6 Å². The van der Waals surface area contributed by atoms with Gasteiger partial charge in [0.15, 0.2) is 5.78 Å². The van der Waals surface area contributed by atoms with Gasteiger partial charge in [0.2, 0.25) is 0 Å². The van der Waals surface area contributed by atoms with Crippen molar-refractivity contribution in [1.29, 1.82) is 0 Å². The van der Waals surface area contributed by atoms with Crippen LogP contribution < -0.4 is 16.0 Å². The number of Topliss-reactive ketones (excluding diaryl/α,β-unsaturated/α-hetero) is 1. The molecule has 3 aromatic rings. The van der Waals surface area contributed by atoms with Crippen molar-refractivity contribution in [2.45, 2.75) is 12.8 Å². The minimum atomic E-state index is -0.672. The second kappa shape index (κ2) is 11.5. The predicted molar refractivity (Wildman–Crippen MR) is 135 cm³/mol. The Kier molecular flexibility index (Phi) is 8.02. The van der Waals surface area contributed by atoms with Gasteiger partial charge in [-0.05, 0) is 86.6 Å². The van der Waals surface area contributed by atoms with Crippen LogP contribution in [-0.2, 0) is 0 Å². The molecule has 9 heteroatoms. The van der Waals surface area contributed by atoms with Gasteiger partial charge >= 0.3 is 6.03 Å². The molecule has 0 bridgehead atoms. The molecule has 4 rings (SSSR count). The van der Waals surface area contributed by atoms with E-state index in [0.717, 1.165) is 13.1 Å². The Labute approximate surface area is 208 Å². The van der Waals surface area contributed by atoms with Crippen molar-refractivity contribution in [2.75, 3.05) is 36.4 Å². The monoisotopic (exact) mass is 489 g/mol. The van der Waals surface area contributed by atoms with Gasteiger partial charge in [-0.25, -0.2) is 9.18 Å². The van der Waals surface area contributed by atoms with Crippen LogP contribution in [0.25, 0.3) is 0 Å². The number of anilines is 2. The van der Waals surface area contributed by atoms with Gasteiger partial charge in [-0.15, -0.1) is 0 Å². The second-order valence-corrected chi connectivity index (χ2v) is 8.72. The Bertz CT molecular complexity index is 1190. The number of nitrogens with one attached hydrogen (secondary N) is 1. The van der Waals surface area contributed by atoms with E-state index in [1.807, 2.05) is 6.07 Å². The first kappa shape index (κ1) is 25.0. The van der Waals surface area contributed by atoms with Crippen LogP contribution in [0.5, 0.6) is 0 Å². The average Bonchev–Trinajstić information content (AvgIpc) is 2.90. The number of benzene rings is 2. The number of urea groups is 1. The lowest BCUT2D eigenvalue weighted by atomic mass is 9.89. The minimum Gasteiger partial charge on any atom is -0.351 e. The molecule has 3 amide bonds. The lowest BCUT2D eigenvalue weighted by molar-refractivity contribution is 0.0841. The highest BCUT2D eigenvalue weighted by Crippen LogP contribution is 2.23. The number of carbonyl (C=O) groups is 3. The number of rotatable bonds is 8. The van der Waals surface area contributed by atoms with E-state index >= 15 is 0 Å². The van der Waals surface area contributed by atoms with Crippen molar-refractivity contribution >= 4 is 29.1 Å². The molecule has 1 saturated heterocycles. The van der Waals surface area contributed by atoms with Crippen LogP contribution >= 0.6 is 0 Å². The number of nitrogens with zero attached hydrogens (tertiary/aromatic N) is 3. The summed E-state index contributed by atoms with van der Waals surface area (Å²) in [5.74, 6) is -0.575. The minimum absolute atomic E-state index is 0.0519. The molecule has 0 aliphatic carbocycles. The van der Waals surface area contributed by atoms with Gasteiger partial charge in [0.1, 0.15) is 5.82 Å². The summed E-state index contributed by atoms with van der Waals surface area (Å²) in [6, 6.07) is 15.2. The van der Waals surface area contributed by atoms with Gasteiger partial charge < -0.3 is 20.9 Å². The maximum atomic E-state index is 13.4. The molecule has 36 heavy (non-hydrogen) atoms. The quantitative estimate of drug-likeness (QED) is 0.466. The molecule has 186 valence electrons. The molecule has 3 N–H and O–H groups in total. The van der Waals surface area contributed by atoms with Crippen molar-refractivity contribution in [3.63, 3.8) is 0 Å². The molecule has 0 atom stereocenters. The van der Waals surface area contributed by atoms with Gasteiger partial charge in [0, 0.05) is 42.0 Å². The normalized spacial score (nSPS) is 14.2. The highest BCUT2D eigenvalue weighted by atomic mass is 19.1. The van der Waals surface area contributed by atoms with Gasteiger partial charge in [0.05, 0.1) is 11.9 Å². The standard InChI is InChI=1S/C27H28FN5O3/c28-22-7-3-19(4-8-22)25(34)20-11-14-32(15-12-20)16-17-33(24-2-1-13-30-18-24)26(35)21-5-9-23(10-6-21)31-27(29)36/h1-10,13,18,20H,11-12,14-17H2,(H3,29,31,36). The number of hydrogen-bond donors (Lipinski definition) is 2. The molecular formula is C27H28FN5O3. The van der Waals surface area contributed by atoms with E-state index in [2.05, 4.69) is 15.2 Å². The van der Waals surface area contributed by atoms with E-state index in [1.54, 1.807) is 47.6 Å². The molecule has 2 heterocycles. The van der Waals surface area contributed by atoms with Gasteiger partial charge in [-0.2, -0.15) is 0 Å². The Hall–Kier alpha value is -4.11. The second-order valence-electron chi connectivity index (χ2n) is 8.72. The van der Waals surface area contributed by atoms with E-state index < -0.39 is 6.03 Å². The van der Waals surface area contributed by atoms with Crippen LogP contribution in [0.4, 0.5) is 20.6 Å². The highest BCUT2D eigenvalue weighted by Gasteiger charge is 2.27. The summed E-state index contributed by atoms with van der Waals surface area (Å²) in [5.41, 5.74) is 7.35. The van der Waals surface area contributed by atoms with Crippen molar-refractivity contribution in [2.24, 2.45) is 11.7 Å². The molecule has 1 aliphatic rings. The van der Waals surface area contributed by atoms with Crippen molar-refractivity contribution in [3.05, 3.63) is 90.0 Å². The zero-order valence-electron chi connectivity index (χ0n) is 19.8. The zero-order valence-corrected chi connectivity index (χ0v) is 19.8. The lowest BCUT2D eigenvalue weighted by Crippen LogP contribution is -2.43. The lowest BCUT2D eigenvalue weighted by Gasteiger charge is -2.33. The van der Waals surface area contributed by atoms with E-state index in [0.29, 0.717) is 48.4 Å². The third kappa shape index (κ3) is 6.31. The Morgan fingerprint density at radius 2 is 1.67 bits per heavy atom. The SMILES string of the molecule is NC(=O)Nc1ccc(C(=O)N(CCN2CCC(C(=O)c3ccc(F)cc3)CC2)c2cccnc2)cc1. The topological polar surface area (TPSA) is 109 Å². The van der Waals surface area contributed by atoms with Crippen LogP contribution in [0.1, 0.15) is 33.6 Å². The van der Waals surface area contributed by atoms with E-state index in [4.69, 9.17) is 5.73 Å². The molecule has 8 nitrogen and oxygen atoms in total. The number of hydrogen-bond acceptors (Lipinski definition) is 5. The summed E-state index contributed by atoms with van der Waals surface area (Å²) in [7, 11) is 0. The molecule has 0 unspecified atom stereocenters. The summed E-state index contributed by atoms with van der Waals surface area (Å²) in [4.78, 5) is 45.3. The van der Waals surface area contributed by atoms with Crippen molar-refractivity contribution < 1.29 is 18.8 Å². The summed E-state index contributed by atoms with van der Waals surface area (Å²) in [6.45, 7) is 2.56. The largest absolute Gasteiger partial charge is 0.351 e. The van der Waals surface area contributed by atoms with Crippen molar-refractivity contribution in [3.8, 4) is 0 Å². The number of halogens is 1. The molecule has 0 radical (unpaired) electrons. The fourth-order valence-electron chi connectivity index (χ4n) is 4.37. The number of likely N-dealkylation sites (tertiary alicyclic amines) is 1. The van der Waals surface area contributed by atoms with E-state index in [-0.39, 0.29) is 23.4 Å². The van der Waals surface area contributed by atoms with E-state index in [1.165, 1.54) is 24.3 Å². The number of carbonyl (C=O) groups excluding carboxylic acids is 3. The van der Waals surface area contributed by atoms with Crippen LogP contribution in [0.3, 0.4) is 0 Å². The average molecular weight is 490 g/mol. The molecule has 0 saturated carbocycles. The maximum Gasteiger partial charge on any atom is 0.316 e. The van der Waals surface area contributed by atoms with Gasteiger partial charge in [-0.1, -0.05) is 0 Å². The number of ketones is 1. The Morgan fingerprint density at radius 1 is 1.00 bits per heavy atom. The first-order valence-corrected chi connectivity index (χ1v) is 11.8. The maximum absolute atomic E-state index is 13.4. The Morgan fingerprint density at radius 3 is 2.28 bits per heavy atom. The fourth-order valence-corrected chi connectivity index (χ4v) is 4.37. The fraction of sp³-hybridized carbons (Fsp3) is 0.259. The third-order valence-electron chi connectivity index (χ3n) is 6.33. The third-order valence-corrected chi connectivity index (χ3v) is 6.33. The predicted octanol–water partition coefficient (Wildman–Crippen LogP) is 3.95. The van der Waals surface area contributed by atoms with Crippen molar-refractivity contribution in [1.82, 2.24) is 9.88 Å². The molecular weight excluding hydrogens is 461 g/mol. The summed E-state index contributed by atoms with van der Waals surface area (Å²) < 4.78 is 13.2. The number of pyridine rings is 1. The first-order valence-electron chi connectivity index (χ1n) is 11.8. The van der Waals surface area contributed by atoms with Crippen LogP contribution in [0.2, 0.25) is 0 Å². The molecule has 1 aromatic heterocycles. The van der Waals surface area contributed by atoms with Crippen LogP contribution in [0.15, 0.2) is 73.1 Å². The Balaban J connectivity index is 1.38. The molecule has 1 fully saturated rings. The van der Waals surface area contributed by atoms with Gasteiger partial charge in [0.25, 0.3) is 5.91 Å². The number of amides is 3. The number of nitrogens with two attached hydrogens (primary N) is 1. The highest BCUT2D eigenvalue weighted by molar-refractivity contribution is 6.06. The number of primary amides is 1. The molecule has 1 aliphatic heterocycles. The van der Waals surface area contributed by atoms with Crippen LogP contribution in [0, 0.1) is 11.7 Å².